The van der Waals surface area contributed by atoms with Gasteiger partial charge in [0.15, 0.2) is 0 Å². The largest absolute Gasteiger partial charge is 0.326 e. The lowest BCUT2D eigenvalue weighted by molar-refractivity contribution is -0.124. The third-order valence-corrected chi connectivity index (χ3v) is 4.62. The lowest BCUT2D eigenvalue weighted by Crippen LogP contribution is -2.20. The molecule has 3 rings (SSSR count). The molecule has 0 spiro atoms. The number of hydrogen-bond donors (Lipinski definition) is 3. The highest BCUT2D eigenvalue weighted by molar-refractivity contribution is 5.97. The van der Waals surface area contributed by atoms with Crippen molar-refractivity contribution in [3.63, 3.8) is 0 Å². The molecule has 0 aromatic heterocycles. The van der Waals surface area contributed by atoms with Crippen molar-refractivity contribution in [3.8, 4) is 0 Å². The predicted octanol–water partition coefficient (Wildman–Crippen LogP) is 4.49. The van der Waals surface area contributed by atoms with E-state index in [1.165, 1.54) is 11.6 Å². The highest BCUT2D eigenvalue weighted by atomic mass is 16.5. The lowest BCUT2D eigenvalue weighted by atomic mass is 9.93. The Balaban J connectivity index is 1.72. The summed E-state index contributed by atoms with van der Waals surface area (Å²) in [5.41, 5.74) is 4.00. The van der Waals surface area contributed by atoms with Crippen molar-refractivity contribution in [2.45, 2.75) is 19.3 Å². The van der Waals surface area contributed by atoms with Gasteiger partial charge in [0.2, 0.25) is 5.91 Å². The molecule has 0 saturated heterocycles. The Bertz CT molecular complexity index is 1010. The fourth-order valence-electron chi connectivity index (χ4n) is 3.11. The first-order valence-corrected chi connectivity index (χ1v) is 9.12. The van der Waals surface area contributed by atoms with Crippen LogP contribution in [0.5, 0.6) is 0 Å². The van der Waals surface area contributed by atoms with E-state index in [1.54, 1.807) is 30.3 Å². The number of carbonyl (C=O) groups is 2. The van der Waals surface area contributed by atoms with Crippen molar-refractivity contribution in [1.29, 1.82) is 0 Å². The minimum absolute atomic E-state index is 0.0549. The average Bonchev–Trinajstić information content (AvgIpc) is 2.73. The molecule has 3 aromatic carbocycles. The van der Waals surface area contributed by atoms with Crippen molar-refractivity contribution in [2.75, 3.05) is 5.32 Å². The molecule has 1 atom stereocenters. The van der Waals surface area contributed by atoms with E-state index in [0.29, 0.717) is 12.1 Å². The van der Waals surface area contributed by atoms with E-state index in [2.05, 4.69) is 17.4 Å². The minimum Gasteiger partial charge on any atom is -0.326 e. The van der Waals surface area contributed by atoms with Crippen LogP contribution in [-0.2, 0) is 9.59 Å². The molecule has 0 aliphatic rings. The quantitative estimate of drug-likeness (QED) is 0.338. The summed E-state index contributed by atoms with van der Waals surface area (Å²) in [6, 6.07) is 21.4. The summed E-state index contributed by atoms with van der Waals surface area (Å²) >= 11 is 0. The van der Waals surface area contributed by atoms with Gasteiger partial charge in [-0.2, -0.15) is 0 Å². The second kappa shape index (κ2) is 8.97. The first-order chi connectivity index (χ1) is 13.6. The molecule has 0 bridgehead atoms. The van der Waals surface area contributed by atoms with E-state index in [0.717, 1.165) is 21.9 Å². The molecule has 3 aromatic rings. The summed E-state index contributed by atoms with van der Waals surface area (Å²) in [6.45, 7) is 2.00. The Morgan fingerprint density at radius 2 is 1.71 bits per heavy atom. The van der Waals surface area contributed by atoms with E-state index in [1.807, 2.05) is 37.3 Å². The van der Waals surface area contributed by atoms with E-state index < -0.39 is 5.91 Å². The summed E-state index contributed by atoms with van der Waals surface area (Å²) in [7, 11) is 0. The molecular weight excluding hydrogens is 352 g/mol. The SMILES string of the molecule is CCC(C(=O)Nc1ccc(/C=C/C(=O)NO)cc1)c1ccc2ccccc2c1. The third kappa shape index (κ3) is 4.64. The fraction of sp³-hybridized carbons (Fsp3) is 0.130. The average molecular weight is 374 g/mol. The van der Waals surface area contributed by atoms with Gasteiger partial charge in [0.1, 0.15) is 0 Å². The standard InChI is InChI=1S/C23H22N2O3/c1-2-21(19-11-10-17-5-3-4-6-18(17)15-19)23(27)24-20-12-7-16(8-13-20)9-14-22(26)25-28/h3-15,21,28H,2H2,1H3,(H,24,27)(H,25,26)/b14-9+. The van der Waals surface area contributed by atoms with Crippen LogP contribution in [0.3, 0.4) is 0 Å². The minimum atomic E-state index is -0.599. The number of carbonyl (C=O) groups excluding carboxylic acids is 2. The second-order valence-electron chi connectivity index (χ2n) is 6.49. The Morgan fingerprint density at radius 1 is 1.00 bits per heavy atom. The Morgan fingerprint density at radius 3 is 2.39 bits per heavy atom. The van der Waals surface area contributed by atoms with Crippen LogP contribution in [0, 0.1) is 0 Å². The van der Waals surface area contributed by atoms with Crippen molar-refractivity contribution >= 4 is 34.4 Å². The van der Waals surface area contributed by atoms with Gasteiger partial charge >= 0.3 is 0 Å². The van der Waals surface area contributed by atoms with Gasteiger partial charge in [0, 0.05) is 11.8 Å². The van der Waals surface area contributed by atoms with E-state index in [-0.39, 0.29) is 11.8 Å². The summed E-state index contributed by atoms with van der Waals surface area (Å²) in [5.74, 6) is -0.892. The number of hydrogen-bond acceptors (Lipinski definition) is 3. The number of benzene rings is 3. The summed E-state index contributed by atoms with van der Waals surface area (Å²) in [5, 5.41) is 13.7. The number of rotatable bonds is 6. The fourth-order valence-corrected chi connectivity index (χ4v) is 3.11. The molecule has 3 N–H and O–H groups in total. The molecule has 0 aliphatic heterocycles. The van der Waals surface area contributed by atoms with Gasteiger partial charge in [0.25, 0.3) is 5.91 Å². The predicted molar refractivity (Wildman–Crippen MR) is 111 cm³/mol. The topological polar surface area (TPSA) is 78.4 Å². The lowest BCUT2D eigenvalue weighted by Gasteiger charge is -2.16. The molecule has 5 nitrogen and oxygen atoms in total. The Hall–Kier alpha value is -3.44. The normalized spacial score (nSPS) is 12.1. The van der Waals surface area contributed by atoms with Crippen LogP contribution in [-0.4, -0.2) is 17.0 Å². The molecular formula is C23H22N2O3. The molecule has 28 heavy (non-hydrogen) atoms. The molecule has 0 radical (unpaired) electrons. The van der Waals surface area contributed by atoms with Gasteiger partial charge in [-0.3, -0.25) is 14.8 Å². The van der Waals surface area contributed by atoms with Crippen LogP contribution in [0.2, 0.25) is 0 Å². The molecule has 0 heterocycles. The van der Waals surface area contributed by atoms with Crippen molar-refractivity contribution in [2.24, 2.45) is 0 Å². The first kappa shape index (κ1) is 19.3. The number of anilines is 1. The van der Waals surface area contributed by atoms with Crippen LogP contribution in [0.1, 0.15) is 30.4 Å². The van der Waals surface area contributed by atoms with E-state index in [9.17, 15) is 9.59 Å². The maximum Gasteiger partial charge on any atom is 0.267 e. The van der Waals surface area contributed by atoms with Crippen molar-refractivity contribution in [1.82, 2.24) is 5.48 Å². The van der Waals surface area contributed by atoms with Crippen LogP contribution in [0.15, 0.2) is 72.8 Å². The third-order valence-electron chi connectivity index (χ3n) is 4.62. The zero-order chi connectivity index (χ0) is 19.9. The Kier molecular flexibility index (Phi) is 6.19. The van der Waals surface area contributed by atoms with Crippen molar-refractivity contribution in [3.05, 3.63) is 83.9 Å². The Labute approximate surface area is 163 Å². The highest BCUT2D eigenvalue weighted by Crippen LogP contribution is 2.25. The van der Waals surface area contributed by atoms with Crippen molar-refractivity contribution < 1.29 is 14.8 Å². The zero-order valence-corrected chi connectivity index (χ0v) is 15.6. The molecule has 5 heteroatoms. The molecule has 142 valence electrons. The maximum atomic E-state index is 12.8. The molecule has 0 aliphatic carbocycles. The number of fused-ring (bicyclic) bond motifs is 1. The van der Waals surface area contributed by atoms with Crippen LogP contribution < -0.4 is 10.8 Å². The maximum absolute atomic E-state index is 12.8. The van der Waals surface area contributed by atoms with Gasteiger partial charge in [-0.1, -0.05) is 61.5 Å². The van der Waals surface area contributed by atoms with E-state index >= 15 is 0 Å². The number of amides is 2. The van der Waals surface area contributed by atoms with Gasteiger partial charge in [-0.05, 0) is 46.5 Å². The molecule has 2 amide bonds. The van der Waals surface area contributed by atoms with Gasteiger partial charge in [0.05, 0.1) is 5.92 Å². The van der Waals surface area contributed by atoms with Gasteiger partial charge in [-0.25, -0.2) is 5.48 Å². The van der Waals surface area contributed by atoms with Gasteiger partial charge < -0.3 is 5.32 Å². The highest BCUT2D eigenvalue weighted by Gasteiger charge is 2.19. The monoisotopic (exact) mass is 374 g/mol. The smallest absolute Gasteiger partial charge is 0.267 e. The van der Waals surface area contributed by atoms with Crippen LogP contribution >= 0.6 is 0 Å². The summed E-state index contributed by atoms with van der Waals surface area (Å²) in [6.07, 6.45) is 3.49. The summed E-state index contributed by atoms with van der Waals surface area (Å²) < 4.78 is 0. The molecule has 1 unspecified atom stereocenters. The number of hydroxylamine groups is 1. The van der Waals surface area contributed by atoms with Crippen LogP contribution in [0.4, 0.5) is 5.69 Å². The van der Waals surface area contributed by atoms with Gasteiger partial charge in [-0.15, -0.1) is 0 Å². The zero-order valence-electron chi connectivity index (χ0n) is 15.6. The van der Waals surface area contributed by atoms with Crippen LogP contribution in [0.25, 0.3) is 16.8 Å². The summed E-state index contributed by atoms with van der Waals surface area (Å²) in [4.78, 5) is 23.8. The first-order valence-electron chi connectivity index (χ1n) is 9.12. The number of nitrogens with one attached hydrogen (secondary N) is 2. The molecule has 0 saturated carbocycles. The second-order valence-corrected chi connectivity index (χ2v) is 6.49. The molecule has 0 fully saturated rings. The van der Waals surface area contributed by atoms with E-state index in [4.69, 9.17) is 5.21 Å².